The molecule has 6 heteroatoms. The van der Waals surface area contributed by atoms with E-state index in [1.165, 1.54) is 7.11 Å². The third kappa shape index (κ3) is 6.77. The van der Waals surface area contributed by atoms with Gasteiger partial charge in [0, 0.05) is 0 Å². The standard InChI is InChI=1S/C38H28O6/c1-41-38(40)33-11-10-32-23-37(19-13-30(32)21-33)44-35-16-7-27(8-17-35)3-2-26-5-14-34(15-6-26)43-36-18-12-29-20-28(24-42-25-39)4-9-31(29)22-36/h2-23,25H,24H2,1H3/b3-2+. The fraction of sp³-hybridized carbons (Fsp3) is 0.0526. The van der Waals surface area contributed by atoms with Crippen molar-refractivity contribution in [2.75, 3.05) is 7.11 Å². The lowest BCUT2D eigenvalue weighted by molar-refractivity contribution is -0.129. The van der Waals surface area contributed by atoms with Crippen LogP contribution in [0.5, 0.6) is 23.0 Å². The zero-order valence-electron chi connectivity index (χ0n) is 23.9. The van der Waals surface area contributed by atoms with Crippen LogP contribution in [-0.4, -0.2) is 19.6 Å². The molecule has 0 N–H and O–H groups in total. The first kappa shape index (κ1) is 28.2. The third-order valence-electron chi connectivity index (χ3n) is 7.13. The second-order valence-electron chi connectivity index (χ2n) is 10.1. The number of methoxy groups -OCH3 is 1. The minimum Gasteiger partial charge on any atom is -0.465 e. The van der Waals surface area contributed by atoms with Crippen LogP contribution in [0, 0.1) is 0 Å². The molecular weight excluding hydrogens is 552 g/mol. The molecule has 0 aromatic heterocycles. The Bertz CT molecular complexity index is 1970. The SMILES string of the molecule is COC(=O)c1ccc2cc(Oc3ccc(/C=C/c4ccc(Oc5ccc6cc(COC=O)ccc6c5)cc4)cc3)ccc2c1. The van der Waals surface area contributed by atoms with Crippen LogP contribution in [-0.2, 0) is 20.9 Å². The molecule has 0 aliphatic rings. The molecule has 44 heavy (non-hydrogen) atoms. The van der Waals surface area contributed by atoms with Gasteiger partial charge in [-0.25, -0.2) is 4.79 Å². The van der Waals surface area contributed by atoms with Crippen LogP contribution < -0.4 is 9.47 Å². The number of carbonyl (C=O) groups is 2. The van der Waals surface area contributed by atoms with Crippen LogP contribution in [0.2, 0.25) is 0 Å². The van der Waals surface area contributed by atoms with Gasteiger partial charge in [-0.3, -0.25) is 4.79 Å². The van der Waals surface area contributed by atoms with Crippen LogP contribution in [0.3, 0.4) is 0 Å². The summed E-state index contributed by atoms with van der Waals surface area (Å²) in [6, 6.07) is 38.8. The maximum absolute atomic E-state index is 11.8. The predicted molar refractivity (Wildman–Crippen MR) is 172 cm³/mol. The largest absolute Gasteiger partial charge is 0.465 e. The Morgan fingerprint density at radius 3 is 1.59 bits per heavy atom. The molecule has 0 radical (unpaired) electrons. The van der Waals surface area contributed by atoms with Crippen LogP contribution >= 0.6 is 0 Å². The summed E-state index contributed by atoms with van der Waals surface area (Å²) in [5, 5.41) is 4.00. The summed E-state index contributed by atoms with van der Waals surface area (Å²) in [5.41, 5.74) is 3.55. The smallest absolute Gasteiger partial charge is 0.337 e. The number of rotatable bonds is 10. The van der Waals surface area contributed by atoms with E-state index in [0.29, 0.717) is 17.8 Å². The zero-order chi connectivity index (χ0) is 30.3. The molecule has 0 aliphatic heterocycles. The van der Waals surface area contributed by atoms with E-state index in [4.69, 9.17) is 18.9 Å². The highest BCUT2D eigenvalue weighted by molar-refractivity contribution is 5.95. The van der Waals surface area contributed by atoms with Gasteiger partial charge in [-0.2, -0.15) is 0 Å². The van der Waals surface area contributed by atoms with E-state index in [2.05, 4.69) is 0 Å². The van der Waals surface area contributed by atoms with Gasteiger partial charge >= 0.3 is 5.97 Å². The Kier molecular flexibility index (Phi) is 8.32. The van der Waals surface area contributed by atoms with Crippen molar-refractivity contribution in [1.82, 2.24) is 0 Å². The summed E-state index contributed by atoms with van der Waals surface area (Å²) in [5.74, 6) is 2.58. The summed E-state index contributed by atoms with van der Waals surface area (Å²) in [6.45, 7) is 0.712. The molecule has 0 fully saturated rings. The Morgan fingerprint density at radius 1 is 0.568 bits per heavy atom. The second kappa shape index (κ2) is 13.0. The molecule has 6 aromatic rings. The first-order valence-corrected chi connectivity index (χ1v) is 14.0. The van der Waals surface area contributed by atoms with E-state index in [-0.39, 0.29) is 12.6 Å². The fourth-order valence-electron chi connectivity index (χ4n) is 4.85. The second-order valence-corrected chi connectivity index (χ2v) is 10.1. The normalized spacial score (nSPS) is 11.0. The minimum atomic E-state index is -0.356. The maximum Gasteiger partial charge on any atom is 0.337 e. The van der Waals surface area contributed by atoms with E-state index in [1.807, 2.05) is 127 Å². The lowest BCUT2D eigenvalue weighted by atomic mass is 10.1. The molecule has 0 aliphatic carbocycles. The summed E-state index contributed by atoms with van der Waals surface area (Å²) >= 11 is 0. The Labute approximate surface area is 254 Å². The third-order valence-corrected chi connectivity index (χ3v) is 7.13. The molecular formula is C38H28O6. The molecule has 6 rings (SSSR count). The molecule has 6 nitrogen and oxygen atoms in total. The Hall–Kier alpha value is -5.88. The first-order valence-electron chi connectivity index (χ1n) is 14.0. The van der Waals surface area contributed by atoms with Crippen molar-refractivity contribution in [1.29, 1.82) is 0 Å². The van der Waals surface area contributed by atoms with Gasteiger partial charge in [0.2, 0.25) is 0 Å². The van der Waals surface area contributed by atoms with E-state index in [1.54, 1.807) is 6.07 Å². The highest BCUT2D eigenvalue weighted by Gasteiger charge is 2.07. The summed E-state index contributed by atoms with van der Waals surface area (Å²) in [4.78, 5) is 22.2. The van der Waals surface area contributed by atoms with Crippen LogP contribution in [0.25, 0.3) is 33.7 Å². The highest BCUT2D eigenvalue weighted by Crippen LogP contribution is 2.29. The lowest BCUT2D eigenvalue weighted by Crippen LogP contribution is -2.00. The Morgan fingerprint density at radius 2 is 1.05 bits per heavy atom. The molecule has 0 saturated heterocycles. The number of hydrogen-bond donors (Lipinski definition) is 0. The average molecular weight is 581 g/mol. The van der Waals surface area contributed by atoms with Gasteiger partial charge in [-0.05, 0) is 105 Å². The van der Waals surface area contributed by atoms with Crippen molar-refractivity contribution in [3.63, 3.8) is 0 Å². The van der Waals surface area contributed by atoms with Crippen molar-refractivity contribution in [2.45, 2.75) is 6.61 Å². The van der Waals surface area contributed by atoms with Crippen molar-refractivity contribution in [2.24, 2.45) is 0 Å². The van der Waals surface area contributed by atoms with E-state index >= 15 is 0 Å². The maximum atomic E-state index is 11.8. The average Bonchev–Trinajstić information content (AvgIpc) is 3.07. The van der Waals surface area contributed by atoms with Crippen LogP contribution in [0.1, 0.15) is 27.0 Å². The highest BCUT2D eigenvalue weighted by atomic mass is 16.5. The molecule has 0 spiro atoms. The van der Waals surface area contributed by atoms with E-state index < -0.39 is 0 Å². The Balaban J connectivity index is 1.05. The molecule has 0 atom stereocenters. The quantitative estimate of drug-likeness (QED) is 0.0914. The molecule has 0 heterocycles. The summed E-state index contributed by atoms with van der Waals surface area (Å²) in [6.07, 6.45) is 4.10. The number of carbonyl (C=O) groups excluding carboxylic acids is 2. The monoisotopic (exact) mass is 580 g/mol. The van der Waals surface area contributed by atoms with Crippen LogP contribution in [0.4, 0.5) is 0 Å². The van der Waals surface area contributed by atoms with Crippen molar-refractivity contribution in [3.05, 3.63) is 144 Å². The topological polar surface area (TPSA) is 71.1 Å². The summed E-state index contributed by atoms with van der Waals surface area (Å²) < 4.78 is 21.8. The molecule has 216 valence electrons. The predicted octanol–water partition coefficient (Wildman–Crippen LogP) is 9.21. The van der Waals surface area contributed by atoms with Gasteiger partial charge in [0.05, 0.1) is 12.7 Å². The van der Waals surface area contributed by atoms with E-state index in [0.717, 1.165) is 55.5 Å². The number of esters is 1. The number of hydrogen-bond acceptors (Lipinski definition) is 6. The van der Waals surface area contributed by atoms with Gasteiger partial charge in [0.15, 0.2) is 0 Å². The molecule has 0 saturated carbocycles. The van der Waals surface area contributed by atoms with Crippen LogP contribution in [0.15, 0.2) is 121 Å². The van der Waals surface area contributed by atoms with Gasteiger partial charge in [0.1, 0.15) is 29.6 Å². The molecule has 0 unspecified atom stereocenters. The van der Waals surface area contributed by atoms with Crippen molar-refractivity contribution >= 4 is 46.1 Å². The fourth-order valence-corrected chi connectivity index (χ4v) is 4.85. The molecule has 0 bridgehead atoms. The number of fused-ring (bicyclic) bond motifs is 2. The number of benzene rings is 6. The number of ether oxygens (including phenoxy) is 4. The van der Waals surface area contributed by atoms with Gasteiger partial charge < -0.3 is 18.9 Å². The minimum absolute atomic E-state index is 0.258. The molecule has 0 amide bonds. The first-order chi connectivity index (χ1) is 21.6. The van der Waals surface area contributed by atoms with E-state index in [9.17, 15) is 9.59 Å². The van der Waals surface area contributed by atoms with Crippen molar-refractivity contribution in [3.8, 4) is 23.0 Å². The lowest BCUT2D eigenvalue weighted by Gasteiger charge is -2.09. The van der Waals surface area contributed by atoms with Gasteiger partial charge in [-0.15, -0.1) is 0 Å². The van der Waals surface area contributed by atoms with Gasteiger partial charge in [-0.1, -0.05) is 66.7 Å². The zero-order valence-corrected chi connectivity index (χ0v) is 23.9. The van der Waals surface area contributed by atoms with Crippen molar-refractivity contribution < 1.29 is 28.5 Å². The van der Waals surface area contributed by atoms with Gasteiger partial charge in [0.25, 0.3) is 6.47 Å². The molecule has 6 aromatic carbocycles. The summed E-state index contributed by atoms with van der Waals surface area (Å²) in [7, 11) is 1.37.